The molecule has 0 fully saturated rings. The van der Waals surface area contributed by atoms with E-state index in [2.05, 4.69) is 119 Å². The summed E-state index contributed by atoms with van der Waals surface area (Å²) in [5.41, 5.74) is 12.8. The highest BCUT2D eigenvalue weighted by atomic mass is 31.0. The van der Waals surface area contributed by atoms with Gasteiger partial charge in [0, 0.05) is 0 Å². The highest BCUT2D eigenvalue weighted by Gasteiger charge is 2.16. The normalized spacial score (nSPS) is 11.0. The van der Waals surface area contributed by atoms with Gasteiger partial charge >= 0.3 is 0 Å². The van der Waals surface area contributed by atoms with E-state index in [4.69, 9.17) is 0 Å². The Morgan fingerprint density at radius 1 is 0.500 bits per heavy atom. The second-order valence-electron chi connectivity index (χ2n) is 8.21. The molecule has 150 valence electrons. The Morgan fingerprint density at radius 3 is 1.63 bits per heavy atom. The summed E-state index contributed by atoms with van der Waals surface area (Å²) >= 11 is 0. The van der Waals surface area contributed by atoms with E-state index in [1.807, 2.05) is 0 Å². The Kier molecular flexibility index (Phi) is 5.92. The van der Waals surface area contributed by atoms with E-state index in [0.717, 1.165) is 0 Å². The van der Waals surface area contributed by atoms with E-state index in [9.17, 15) is 0 Å². The summed E-state index contributed by atoms with van der Waals surface area (Å²) in [7, 11) is 5.99. The molecule has 0 nitrogen and oxygen atoms in total. The van der Waals surface area contributed by atoms with Crippen molar-refractivity contribution in [1.29, 1.82) is 0 Å². The maximum absolute atomic E-state index is 3.01. The van der Waals surface area contributed by atoms with Gasteiger partial charge in [-0.1, -0.05) is 77.9 Å². The summed E-state index contributed by atoms with van der Waals surface area (Å²) in [5, 5.41) is 2.49. The van der Waals surface area contributed by atoms with Crippen LogP contribution < -0.4 is 10.6 Å². The quantitative estimate of drug-likeness (QED) is 0.312. The Morgan fingerprint density at radius 2 is 1.07 bits per heavy atom. The van der Waals surface area contributed by atoms with E-state index in [1.165, 1.54) is 66.2 Å². The first-order valence-electron chi connectivity index (χ1n) is 10.3. The van der Waals surface area contributed by atoms with Crippen molar-refractivity contribution in [1.82, 2.24) is 0 Å². The molecular formula is C28H28P2. The van der Waals surface area contributed by atoms with Crippen molar-refractivity contribution in [3.8, 4) is 33.4 Å². The van der Waals surface area contributed by atoms with Gasteiger partial charge in [-0.3, -0.25) is 0 Å². The molecule has 2 atom stereocenters. The van der Waals surface area contributed by atoms with Crippen molar-refractivity contribution < 1.29 is 0 Å². The molecule has 0 aromatic heterocycles. The summed E-state index contributed by atoms with van der Waals surface area (Å²) < 4.78 is 0. The SMILES string of the molecule is Cc1ccc(-c2cc(C)c(-c3c(C)ccc(-c4ccc(C)cc4)c3P)c(P)c2)cc1. The van der Waals surface area contributed by atoms with E-state index >= 15 is 0 Å². The average molecular weight is 426 g/mol. The Balaban J connectivity index is 1.87. The highest BCUT2D eigenvalue weighted by molar-refractivity contribution is 7.29. The molecule has 0 saturated heterocycles. The zero-order valence-electron chi connectivity index (χ0n) is 18.1. The number of hydrogen-bond acceptors (Lipinski definition) is 0. The molecule has 0 heterocycles. The van der Waals surface area contributed by atoms with Gasteiger partial charge in [-0.15, -0.1) is 18.5 Å². The molecule has 4 aromatic rings. The minimum absolute atomic E-state index is 1.23. The number of benzene rings is 4. The fourth-order valence-electron chi connectivity index (χ4n) is 4.11. The Hall–Kier alpha value is -2.26. The van der Waals surface area contributed by atoms with Crippen LogP contribution in [0.4, 0.5) is 0 Å². The molecule has 0 aliphatic rings. The first-order chi connectivity index (χ1) is 14.3. The van der Waals surface area contributed by atoms with Crippen LogP contribution in [0.25, 0.3) is 33.4 Å². The molecule has 0 bridgehead atoms. The second-order valence-corrected chi connectivity index (χ2v) is 9.41. The third-order valence-electron chi connectivity index (χ3n) is 5.82. The lowest BCUT2D eigenvalue weighted by Gasteiger charge is -2.20. The van der Waals surface area contributed by atoms with Crippen LogP contribution >= 0.6 is 18.5 Å². The molecule has 4 aromatic carbocycles. The molecule has 0 aliphatic heterocycles. The largest absolute Gasteiger partial charge is 0.105 e. The number of hydrogen-bond donors (Lipinski definition) is 0. The summed E-state index contributed by atoms with van der Waals surface area (Å²) in [6.07, 6.45) is 0. The van der Waals surface area contributed by atoms with Gasteiger partial charge in [-0.05, 0) is 88.9 Å². The van der Waals surface area contributed by atoms with Gasteiger partial charge in [0.1, 0.15) is 0 Å². The summed E-state index contributed by atoms with van der Waals surface area (Å²) in [6.45, 7) is 8.69. The van der Waals surface area contributed by atoms with E-state index in [0.29, 0.717) is 0 Å². The molecule has 0 saturated carbocycles. The van der Waals surface area contributed by atoms with E-state index < -0.39 is 0 Å². The third kappa shape index (κ3) is 4.00. The summed E-state index contributed by atoms with van der Waals surface area (Å²) in [6, 6.07) is 26.7. The first-order valence-corrected chi connectivity index (χ1v) is 11.4. The molecular weight excluding hydrogens is 398 g/mol. The van der Waals surface area contributed by atoms with E-state index in [1.54, 1.807) is 0 Å². The molecule has 0 spiro atoms. The smallest absolute Gasteiger partial charge is 0.00679 e. The maximum Gasteiger partial charge on any atom is -0.00679 e. The molecule has 0 radical (unpaired) electrons. The van der Waals surface area contributed by atoms with Crippen molar-refractivity contribution in [2.75, 3.05) is 0 Å². The number of aryl methyl sites for hydroxylation is 4. The number of rotatable bonds is 3. The maximum atomic E-state index is 3.01. The van der Waals surface area contributed by atoms with Gasteiger partial charge in [-0.25, -0.2) is 0 Å². The molecule has 0 N–H and O–H groups in total. The highest BCUT2D eigenvalue weighted by Crippen LogP contribution is 2.33. The second kappa shape index (κ2) is 8.47. The van der Waals surface area contributed by atoms with Crippen LogP contribution in [0.5, 0.6) is 0 Å². The van der Waals surface area contributed by atoms with Crippen LogP contribution in [0.2, 0.25) is 0 Å². The summed E-state index contributed by atoms with van der Waals surface area (Å²) in [4.78, 5) is 0. The van der Waals surface area contributed by atoms with Crippen molar-refractivity contribution in [2.24, 2.45) is 0 Å². The molecule has 30 heavy (non-hydrogen) atoms. The predicted molar refractivity (Wildman–Crippen MR) is 140 cm³/mol. The standard InChI is InChI=1S/C28H28P2/c1-17-5-10-21(11-6-17)23-15-20(4)26(25(29)16-23)27-19(3)9-14-24(28(27)30)22-12-7-18(2)8-13-22/h5-16H,29-30H2,1-4H3. The predicted octanol–water partition coefficient (Wildman–Crippen LogP) is 6.92. The van der Waals surface area contributed by atoms with Gasteiger partial charge in [0.05, 0.1) is 0 Å². The van der Waals surface area contributed by atoms with Crippen LogP contribution in [-0.4, -0.2) is 0 Å². The third-order valence-corrected chi connectivity index (χ3v) is 6.87. The van der Waals surface area contributed by atoms with Crippen LogP contribution in [0.15, 0.2) is 72.8 Å². The van der Waals surface area contributed by atoms with Gasteiger partial charge < -0.3 is 0 Å². The van der Waals surface area contributed by atoms with Crippen molar-refractivity contribution in [3.63, 3.8) is 0 Å². The first kappa shape index (κ1) is 21.0. The van der Waals surface area contributed by atoms with Crippen LogP contribution in [-0.2, 0) is 0 Å². The zero-order valence-corrected chi connectivity index (χ0v) is 20.4. The lowest BCUT2D eigenvalue weighted by atomic mass is 9.90. The topological polar surface area (TPSA) is 0 Å². The monoisotopic (exact) mass is 426 g/mol. The van der Waals surface area contributed by atoms with Gasteiger partial charge in [0.15, 0.2) is 0 Å². The Labute approximate surface area is 185 Å². The average Bonchev–Trinajstić information content (AvgIpc) is 2.71. The van der Waals surface area contributed by atoms with Crippen molar-refractivity contribution in [2.45, 2.75) is 27.7 Å². The van der Waals surface area contributed by atoms with Gasteiger partial charge in [-0.2, -0.15) is 0 Å². The van der Waals surface area contributed by atoms with Gasteiger partial charge in [0.25, 0.3) is 0 Å². The minimum atomic E-state index is 1.23. The fourth-order valence-corrected chi connectivity index (χ4v) is 5.30. The fraction of sp³-hybridized carbons (Fsp3) is 0.143. The van der Waals surface area contributed by atoms with Gasteiger partial charge in [0.2, 0.25) is 0 Å². The van der Waals surface area contributed by atoms with Crippen LogP contribution in [0.1, 0.15) is 22.3 Å². The molecule has 2 unspecified atom stereocenters. The lowest BCUT2D eigenvalue weighted by Crippen LogP contribution is -2.11. The molecule has 2 heteroatoms. The van der Waals surface area contributed by atoms with Crippen molar-refractivity contribution in [3.05, 3.63) is 95.1 Å². The summed E-state index contributed by atoms with van der Waals surface area (Å²) in [5.74, 6) is 0. The Bertz CT molecular complexity index is 1190. The van der Waals surface area contributed by atoms with E-state index in [-0.39, 0.29) is 0 Å². The van der Waals surface area contributed by atoms with Crippen LogP contribution in [0.3, 0.4) is 0 Å². The lowest BCUT2D eigenvalue weighted by molar-refractivity contribution is 1.42. The minimum Gasteiger partial charge on any atom is -0.105 e. The molecule has 0 amide bonds. The zero-order chi connectivity index (χ0) is 21.4. The van der Waals surface area contributed by atoms with Crippen LogP contribution in [0, 0.1) is 27.7 Å². The molecule has 4 rings (SSSR count). The molecule has 0 aliphatic carbocycles. The van der Waals surface area contributed by atoms with Crippen molar-refractivity contribution >= 4 is 29.1 Å².